The maximum Gasteiger partial charge on any atom is 0.179 e. The van der Waals surface area contributed by atoms with Gasteiger partial charge in [-0.15, -0.1) is 0 Å². The van der Waals surface area contributed by atoms with Gasteiger partial charge in [0, 0.05) is 6.54 Å². The molecule has 2 aliphatic rings. The molecule has 0 aliphatic carbocycles. The maximum atomic E-state index is 12.1. The summed E-state index contributed by atoms with van der Waals surface area (Å²) in [4.78, 5) is 0.647. The lowest BCUT2D eigenvalue weighted by Gasteiger charge is -2.24. The molecule has 2 aliphatic heterocycles. The second-order valence-electron chi connectivity index (χ2n) is 4.95. The summed E-state index contributed by atoms with van der Waals surface area (Å²) < 4.78 is 24.2. The van der Waals surface area contributed by atoms with Crippen molar-refractivity contribution in [2.75, 3.05) is 18.8 Å². The molecule has 0 aromatic heterocycles. The molecular weight excluding hydrogens is 234 g/mol. The minimum absolute atomic E-state index is 0.291. The molecular formula is C13H17NO2S. The van der Waals surface area contributed by atoms with Gasteiger partial charge < -0.3 is 5.32 Å². The number of hydrogen-bond donors (Lipinski definition) is 1. The Bertz CT molecular complexity index is 530. The van der Waals surface area contributed by atoms with E-state index >= 15 is 0 Å². The third kappa shape index (κ3) is 1.89. The Morgan fingerprint density at radius 1 is 1.29 bits per heavy atom. The van der Waals surface area contributed by atoms with Crippen molar-refractivity contribution in [2.24, 2.45) is 0 Å². The fraction of sp³-hybridized carbons (Fsp3) is 0.538. The van der Waals surface area contributed by atoms with Crippen LogP contribution in [0.1, 0.15) is 29.9 Å². The van der Waals surface area contributed by atoms with Crippen LogP contribution in [0.3, 0.4) is 0 Å². The fourth-order valence-corrected chi connectivity index (χ4v) is 4.82. The molecule has 0 bridgehead atoms. The van der Waals surface area contributed by atoms with Crippen LogP contribution in [-0.4, -0.2) is 27.3 Å². The van der Waals surface area contributed by atoms with Crippen LogP contribution in [0.25, 0.3) is 0 Å². The summed E-state index contributed by atoms with van der Waals surface area (Å²) in [6.07, 6.45) is 2.92. The van der Waals surface area contributed by atoms with Gasteiger partial charge in [-0.1, -0.05) is 18.2 Å². The van der Waals surface area contributed by atoms with Crippen molar-refractivity contribution in [1.82, 2.24) is 5.32 Å². The van der Waals surface area contributed by atoms with Crippen molar-refractivity contribution < 1.29 is 8.42 Å². The molecule has 1 aromatic carbocycles. The van der Waals surface area contributed by atoms with E-state index in [-0.39, 0.29) is 0 Å². The normalized spacial score (nSPS) is 26.7. The highest BCUT2D eigenvalue weighted by Gasteiger charge is 2.31. The van der Waals surface area contributed by atoms with Crippen molar-refractivity contribution in [1.29, 1.82) is 0 Å². The van der Waals surface area contributed by atoms with Gasteiger partial charge in [-0.25, -0.2) is 8.42 Å². The first-order valence-electron chi connectivity index (χ1n) is 6.24. The lowest BCUT2D eigenvalue weighted by molar-refractivity contribution is 0.456. The summed E-state index contributed by atoms with van der Waals surface area (Å²) in [5, 5.41) is 3.36. The average Bonchev–Trinajstić information content (AvgIpc) is 2.67. The van der Waals surface area contributed by atoms with Gasteiger partial charge >= 0.3 is 0 Å². The Hall–Kier alpha value is -0.870. The van der Waals surface area contributed by atoms with E-state index < -0.39 is 9.84 Å². The van der Waals surface area contributed by atoms with Crippen molar-refractivity contribution in [3.05, 3.63) is 29.3 Å². The molecule has 92 valence electrons. The molecule has 2 heterocycles. The topological polar surface area (TPSA) is 46.2 Å². The Labute approximate surface area is 102 Å². The van der Waals surface area contributed by atoms with E-state index in [9.17, 15) is 8.42 Å². The van der Waals surface area contributed by atoms with E-state index in [1.54, 1.807) is 0 Å². The van der Waals surface area contributed by atoms with Crippen molar-refractivity contribution in [3.8, 4) is 0 Å². The van der Waals surface area contributed by atoms with Gasteiger partial charge in [0.2, 0.25) is 0 Å². The van der Waals surface area contributed by atoms with Gasteiger partial charge in [-0.2, -0.15) is 0 Å². The lowest BCUT2D eigenvalue weighted by atomic mass is 9.90. The number of rotatable bonds is 1. The molecule has 1 atom stereocenters. The maximum absolute atomic E-state index is 12.1. The van der Waals surface area contributed by atoms with Crippen LogP contribution in [0, 0.1) is 0 Å². The van der Waals surface area contributed by atoms with E-state index in [4.69, 9.17) is 0 Å². The standard InChI is InChI=1S/C13H17NO2S/c15-17(16)8-6-10-3-1-5-12(13(10)17)11-4-2-7-14-9-11/h1,3,5,11,14H,2,4,6-9H2. The first-order valence-corrected chi connectivity index (χ1v) is 7.89. The van der Waals surface area contributed by atoms with Crippen LogP contribution < -0.4 is 5.32 Å². The molecule has 1 N–H and O–H groups in total. The van der Waals surface area contributed by atoms with E-state index in [1.165, 1.54) is 0 Å². The zero-order valence-electron chi connectivity index (χ0n) is 9.78. The Balaban J connectivity index is 2.09. The zero-order chi connectivity index (χ0) is 11.9. The van der Waals surface area contributed by atoms with E-state index in [2.05, 4.69) is 5.32 Å². The smallest absolute Gasteiger partial charge is 0.179 e. The molecule has 1 saturated heterocycles. The van der Waals surface area contributed by atoms with Crippen LogP contribution >= 0.6 is 0 Å². The summed E-state index contributed by atoms with van der Waals surface area (Å²) in [5.74, 6) is 0.658. The van der Waals surface area contributed by atoms with Gasteiger partial charge in [0.25, 0.3) is 0 Å². The number of sulfone groups is 1. The highest BCUT2D eigenvalue weighted by atomic mass is 32.2. The largest absolute Gasteiger partial charge is 0.316 e. The van der Waals surface area contributed by atoms with E-state index in [0.717, 1.165) is 37.1 Å². The monoisotopic (exact) mass is 251 g/mol. The predicted octanol–water partition coefficient (Wildman–Crippen LogP) is 1.48. The van der Waals surface area contributed by atoms with Crippen LogP contribution in [0.4, 0.5) is 0 Å². The molecule has 17 heavy (non-hydrogen) atoms. The minimum Gasteiger partial charge on any atom is -0.316 e. The highest BCUT2D eigenvalue weighted by molar-refractivity contribution is 7.91. The number of aryl methyl sites for hydroxylation is 1. The molecule has 1 fully saturated rings. The molecule has 4 heteroatoms. The number of hydrogen-bond acceptors (Lipinski definition) is 3. The molecule has 0 radical (unpaired) electrons. The van der Waals surface area contributed by atoms with Gasteiger partial charge in [-0.3, -0.25) is 0 Å². The summed E-state index contributed by atoms with van der Waals surface area (Å²) in [6.45, 7) is 1.96. The highest BCUT2D eigenvalue weighted by Crippen LogP contribution is 2.35. The average molecular weight is 251 g/mol. The zero-order valence-corrected chi connectivity index (χ0v) is 10.6. The quantitative estimate of drug-likeness (QED) is 0.822. The second kappa shape index (κ2) is 4.10. The van der Waals surface area contributed by atoms with Crippen LogP contribution in [0.5, 0.6) is 0 Å². The summed E-state index contributed by atoms with van der Waals surface area (Å²) in [7, 11) is -3.01. The molecule has 0 amide bonds. The first-order chi connectivity index (χ1) is 8.18. The molecule has 0 saturated carbocycles. The third-order valence-electron chi connectivity index (χ3n) is 3.81. The molecule has 0 spiro atoms. The first kappa shape index (κ1) is 11.2. The van der Waals surface area contributed by atoms with Crippen molar-refractivity contribution >= 4 is 9.84 Å². The van der Waals surface area contributed by atoms with Gasteiger partial charge in [-0.05, 0) is 42.9 Å². The number of piperidine rings is 1. The molecule has 3 nitrogen and oxygen atoms in total. The minimum atomic E-state index is -3.01. The van der Waals surface area contributed by atoms with Crippen LogP contribution in [0.15, 0.2) is 23.1 Å². The Morgan fingerprint density at radius 3 is 2.94 bits per heavy atom. The molecule has 1 aromatic rings. The molecule has 1 unspecified atom stereocenters. The van der Waals surface area contributed by atoms with Gasteiger partial charge in [0.15, 0.2) is 9.84 Å². The SMILES string of the molecule is O=S1(=O)CCc2cccc(C3CCCNC3)c21. The van der Waals surface area contributed by atoms with Crippen LogP contribution in [-0.2, 0) is 16.3 Å². The van der Waals surface area contributed by atoms with Gasteiger partial charge in [0.1, 0.15) is 0 Å². The Morgan fingerprint density at radius 2 is 2.18 bits per heavy atom. The number of fused-ring (bicyclic) bond motifs is 1. The number of nitrogens with one attached hydrogen (secondary N) is 1. The fourth-order valence-electron chi connectivity index (χ4n) is 2.97. The summed E-state index contributed by atoms with van der Waals surface area (Å²) in [6, 6.07) is 5.96. The van der Waals surface area contributed by atoms with Crippen molar-refractivity contribution in [3.63, 3.8) is 0 Å². The Kier molecular flexibility index (Phi) is 2.71. The summed E-state index contributed by atoms with van der Waals surface area (Å²) >= 11 is 0. The molecule has 3 rings (SSSR count). The third-order valence-corrected chi connectivity index (χ3v) is 5.68. The summed E-state index contributed by atoms with van der Waals surface area (Å²) in [5.41, 5.74) is 2.07. The second-order valence-corrected chi connectivity index (χ2v) is 6.99. The van der Waals surface area contributed by atoms with Crippen molar-refractivity contribution in [2.45, 2.75) is 30.1 Å². The lowest BCUT2D eigenvalue weighted by Crippen LogP contribution is -2.29. The predicted molar refractivity (Wildman–Crippen MR) is 67.0 cm³/mol. The number of benzene rings is 1. The van der Waals surface area contributed by atoms with Gasteiger partial charge in [0.05, 0.1) is 10.6 Å². The van der Waals surface area contributed by atoms with E-state index in [0.29, 0.717) is 23.0 Å². The van der Waals surface area contributed by atoms with Crippen LogP contribution in [0.2, 0.25) is 0 Å². The van der Waals surface area contributed by atoms with E-state index in [1.807, 2.05) is 18.2 Å².